The second-order valence-electron chi connectivity index (χ2n) is 9.84. The Labute approximate surface area is 181 Å². The van der Waals surface area contributed by atoms with Gasteiger partial charge in [-0.2, -0.15) is 0 Å². The summed E-state index contributed by atoms with van der Waals surface area (Å²) in [6.07, 6.45) is 11.2. The van der Waals surface area contributed by atoms with Crippen LogP contribution in [0.3, 0.4) is 0 Å². The van der Waals surface area contributed by atoms with Crippen LogP contribution in [0.1, 0.15) is 75.1 Å². The van der Waals surface area contributed by atoms with E-state index in [1.54, 1.807) is 5.57 Å². The lowest BCUT2D eigenvalue weighted by Gasteiger charge is -2.49. The van der Waals surface area contributed by atoms with Crippen molar-refractivity contribution in [2.75, 3.05) is 0 Å². The Morgan fingerprint density at radius 2 is 1.67 bits per heavy atom. The van der Waals surface area contributed by atoms with Gasteiger partial charge in [0.2, 0.25) is 0 Å². The van der Waals surface area contributed by atoms with Crippen LogP contribution in [0, 0.1) is 23.2 Å². The molecule has 1 saturated carbocycles. The molecule has 2 aromatic rings. The van der Waals surface area contributed by atoms with Crippen LogP contribution in [-0.2, 0) is 5.41 Å². The summed E-state index contributed by atoms with van der Waals surface area (Å²) in [6, 6.07) is 17.5. The summed E-state index contributed by atoms with van der Waals surface area (Å²) in [7, 11) is 0. The molecule has 154 valence electrons. The molecule has 3 aliphatic rings. The van der Waals surface area contributed by atoms with Gasteiger partial charge < -0.3 is 0 Å². The molecule has 0 bridgehead atoms. The van der Waals surface area contributed by atoms with Crippen molar-refractivity contribution in [2.24, 2.45) is 17.8 Å². The lowest BCUT2D eigenvalue weighted by atomic mass is 9.54. The molecule has 0 aromatic heterocycles. The van der Waals surface area contributed by atoms with Gasteiger partial charge in [-0.15, -0.1) is 0 Å². The lowest BCUT2D eigenvalue weighted by molar-refractivity contribution is 0.254. The van der Waals surface area contributed by atoms with E-state index in [1.165, 1.54) is 42.4 Å². The molecule has 4 unspecified atom stereocenters. The average Bonchev–Trinajstić information content (AvgIpc) is 3.32. The van der Waals surface area contributed by atoms with Gasteiger partial charge in [0, 0.05) is 16.5 Å². The second-order valence-corrected chi connectivity index (χ2v) is 9.84. The van der Waals surface area contributed by atoms with Gasteiger partial charge in [-0.05, 0) is 66.6 Å². The normalized spacial score (nSPS) is 29.8. The van der Waals surface area contributed by atoms with Crippen LogP contribution < -0.4 is 0 Å². The minimum absolute atomic E-state index is 0.271. The average molecular weight is 396 g/mol. The van der Waals surface area contributed by atoms with Gasteiger partial charge in [0.05, 0.1) is 5.71 Å². The lowest BCUT2D eigenvalue weighted by Crippen LogP contribution is -2.42. The highest BCUT2D eigenvalue weighted by Crippen LogP contribution is 2.58. The highest BCUT2D eigenvalue weighted by Gasteiger charge is 2.49. The van der Waals surface area contributed by atoms with E-state index < -0.39 is 0 Å². The fraction of sp³-hybridized carbons (Fsp3) is 0.414. The first-order valence-electron chi connectivity index (χ1n) is 11.7. The smallest absolute Gasteiger partial charge is 0.0684 e. The number of benzene rings is 2. The van der Waals surface area contributed by atoms with E-state index in [0.717, 1.165) is 29.4 Å². The van der Waals surface area contributed by atoms with Crippen LogP contribution in [0.15, 0.2) is 66.3 Å². The van der Waals surface area contributed by atoms with Gasteiger partial charge in [0.15, 0.2) is 0 Å². The van der Waals surface area contributed by atoms with E-state index in [-0.39, 0.29) is 5.41 Å². The van der Waals surface area contributed by atoms with Gasteiger partial charge in [-0.1, -0.05) is 87.0 Å². The van der Waals surface area contributed by atoms with Gasteiger partial charge in [-0.3, -0.25) is 5.41 Å². The summed E-state index contributed by atoms with van der Waals surface area (Å²) < 4.78 is 0. The Morgan fingerprint density at radius 3 is 2.23 bits per heavy atom. The molecular formula is C29H33N. The Hall–Kier alpha value is -2.41. The SMILES string of the molecule is CCC1(c2ccc(C(=N)c3ccc(C4=CC(C)C(C)C4)cc3)cc2)CC2CCC=C21. The molecule has 0 amide bonds. The molecule has 1 nitrogen and oxygen atoms in total. The molecule has 0 heterocycles. The summed E-state index contributed by atoms with van der Waals surface area (Å²) in [5.41, 5.74) is 8.80. The number of rotatable bonds is 5. The van der Waals surface area contributed by atoms with Gasteiger partial charge in [-0.25, -0.2) is 0 Å². The fourth-order valence-corrected chi connectivity index (χ4v) is 6.07. The van der Waals surface area contributed by atoms with Crippen molar-refractivity contribution < 1.29 is 0 Å². The van der Waals surface area contributed by atoms with Crippen molar-refractivity contribution in [1.82, 2.24) is 0 Å². The molecule has 0 aliphatic heterocycles. The maximum absolute atomic E-state index is 8.74. The topological polar surface area (TPSA) is 23.9 Å². The first kappa shape index (κ1) is 19.5. The van der Waals surface area contributed by atoms with E-state index in [4.69, 9.17) is 5.41 Å². The summed E-state index contributed by atoms with van der Waals surface area (Å²) in [6.45, 7) is 6.97. The molecule has 4 atom stereocenters. The molecule has 5 rings (SSSR count). The van der Waals surface area contributed by atoms with Crippen LogP contribution in [-0.4, -0.2) is 5.71 Å². The van der Waals surface area contributed by atoms with Crippen LogP contribution >= 0.6 is 0 Å². The van der Waals surface area contributed by atoms with E-state index in [9.17, 15) is 0 Å². The summed E-state index contributed by atoms with van der Waals surface area (Å²) >= 11 is 0. The maximum atomic E-state index is 8.74. The molecule has 2 aromatic carbocycles. The second kappa shape index (κ2) is 7.38. The summed E-state index contributed by atoms with van der Waals surface area (Å²) in [4.78, 5) is 0. The molecule has 0 radical (unpaired) electrons. The third-order valence-corrected chi connectivity index (χ3v) is 8.24. The van der Waals surface area contributed by atoms with Crippen molar-refractivity contribution in [3.05, 3.63) is 88.5 Å². The van der Waals surface area contributed by atoms with E-state index in [0.29, 0.717) is 11.6 Å². The first-order valence-corrected chi connectivity index (χ1v) is 11.7. The van der Waals surface area contributed by atoms with Crippen molar-refractivity contribution in [3.8, 4) is 0 Å². The summed E-state index contributed by atoms with van der Waals surface area (Å²) in [5, 5.41) is 8.74. The number of fused-ring (bicyclic) bond motifs is 1. The van der Waals surface area contributed by atoms with Gasteiger partial charge in [0.1, 0.15) is 0 Å². The van der Waals surface area contributed by atoms with Crippen molar-refractivity contribution in [2.45, 2.75) is 58.3 Å². The monoisotopic (exact) mass is 395 g/mol. The molecule has 1 fully saturated rings. The molecule has 0 saturated heterocycles. The van der Waals surface area contributed by atoms with Crippen LogP contribution in [0.4, 0.5) is 0 Å². The Kier molecular flexibility index (Phi) is 4.81. The zero-order valence-electron chi connectivity index (χ0n) is 18.5. The Bertz CT molecular complexity index is 1020. The standard InChI is InChI=1S/C29H33N/c1-4-29(18-24-6-5-7-27(24)29)26-14-12-23(13-15-26)28(30)22-10-8-21(9-11-22)25-16-19(2)20(3)17-25/h7-16,19-20,24,30H,4-6,17-18H2,1-3H3. The molecule has 1 heteroatoms. The Morgan fingerprint density at radius 1 is 1.00 bits per heavy atom. The van der Waals surface area contributed by atoms with Gasteiger partial charge in [0.25, 0.3) is 0 Å². The minimum atomic E-state index is 0.271. The zero-order chi connectivity index (χ0) is 20.9. The highest BCUT2D eigenvalue weighted by atomic mass is 14.5. The number of nitrogens with one attached hydrogen (secondary N) is 1. The Balaban J connectivity index is 1.34. The number of hydrogen-bond donors (Lipinski definition) is 1. The van der Waals surface area contributed by atoms with Crippen molar-refractivity contribution >= 4 is 11.3 Å². The van der Waals surface area contributed by atoms with E-state index in [2.05, 4.69) is 81.5 Å². The molecule has 30 heavy (non-hydrogen) atoms. The predicted molar refractivity (Wildman–Crippen MR) is 127 cm³/mol. The third-order valence-electron chi connectivity index (χ3n) is 8.24. The molecular weight excluding hydrogens is 362 g/mol. The van der Waals surface area contributed by atoms with E-state index >= 15 is 0 Å². The zero-order valence-corrected chi connectivity index (χ0v) is 18.5. The molecule has 0 spiro atoms. The highest BCUT2D eigenvalue weighted by molar-refractivity contribution is 6.11. The van der Waals surface area contributed by atoms with Crippen molar-refractivity contribution in [3.63, 3.8) is 0 Å². The van der Waals surface area contributed by atoms with Crippen LogP contribution in [0.5, 0.6) is 0 Å². The quantitative estimate of drug-likeness (QED) is 0.399. The van der Waals surface area contributed by atoms with E-state index in [1.807, 2.05) is 0 Å². The molecule has 3 aliphatic carbocycles. The number of hydrogen-bond acceptors (Lipinski definition) is 1. The first-order chi connectivity index (χ1) is 14.5. The third kappa shape index (κ3) is 3.02. The predicted octanol–water partition coefficient (Wildman–Crippen LogP) is 7.55. The minimum Gasteiger partial charge on any atom is -0.300 e. The van der Waals surface area contributed by atoms with Gasteiger partial charge >= 0.3 is 0 Å². The largest absolute Gasteiger partial charge is 0.300 e. The number of allylic oxidation sites excluding steroid dienone is 4. The maximum Gasteiger partial charge on any atom is 0.0684 e. The summed E-state index contributed by atoms with van der Waals surface area (Å²) in [5.74, 6) is 2.23. The van der Waals surface area contributed by atoms with Crippen LogP contribution in [0.2, 0.25) is 0 Å². The van der Waals surface area contributed by atoms with Crippen LogP contribution in [0.25, 0.3) is 5.57 Å². The molecule has 1 N–H and O–H groups in total. The fourth-order valence-electron chi connectivity index (χ4n) is 6.07. The van der Waals surface area contributed by atoms with Crippen molar-refractivity contribution in [1.29, 1.82) is 5.41 Å².